The molecule has 1 aromatic carbocycles. The Bertz CT molecular complexity index is 415. The van der Waals surface area contributed by atoms with Gasteiger partial charge in [-0.2, -0.15) is 0 Å². The molecule has 0 fully saturated rings. The van der Waals surface area contributed by atoms with Crippen LogP contribution in [-0.2, 0) is 9.53 Å². The first-order valence-corrected chi connectivity index (χ1v) is 6.67. The molecule has 0 aliphatic heterocycles. The van der Waals surface area contributed by atoms with Crippen LogP contribution in [0.25, 0.3) is 0 Å². The Morgan fingerprint density at radius 1 is 1.56 bits per heavy atom. The van der Waals surface area contributed by atoms with Crippen LogP contribution >= 0.6 is 27.5 Å². The van der Waals surface area contributed by atoms with E-state index in [1.165, 1.54) is 0 Å². The van der Waals surface area contributed by atoms with E-state index in [0.717, 1.165) is 10.2 Å². The predicted octanol–water partition coefficient (Wildman–Crippen LogP) is 2.67. The number of benzene rings is 1. The fraction of sp³-hybridized carbons (Fsp3) is 0.417. The summed E-state index contributed by atoms with van der Waals surface area (Å²) in [6.07, 6.45) is 0. The van der Waals surface area contributed by atoms with Gasteiger partial charge in [0.2, 0.25) is 5.91 Å². The molecule has 1 aromatic rings. The van der Waals surface area contributed by atoms with Gasteiger partial charge in [-0.3, -0.25) is 4.79 Å². The fourth-order valence-corrected chi connectivity index (χ4v) is 1.90. The monoisotopic (exact) mass is 334 g/mol. The number of methoxy groups -OCH3 is 1. The van der Waals surface area contributed by atoms with Crippen LogP contribution in [-0.4, -0.2) is 32.2 Å². The van der Waals surface area contributed by atoms with Gasteiger partial charge in [-0.05, 0) is 41.1 Å². The summed E-state index contributed by atoms with van der Waals surface area (Å²) >= 11 is 9.20. The van der Waals surface area contributed by atoms with Gasteiger partial charge in [0.25, 0.3) is 0 Å². The van der Waals surface area contributed by atoms with E-state index >= 15 is 0 Å². The molecule has 0 heterocycles. The highest BCUT2D eigenvalue weighted by Gasteiger charge is 2.07. The van der Waals surface area contributed by atoms with Crippen molar-refractivity contribution in [3.63, 3.8) is 0 Å². The number of ether oxygens (including phenoxy) is 1. The Morgan fingerprint density at radius 2 is 2.28 bits per heavy atom. The van der Waals surface area contributed by atoms with Gasteiger partial charge in [0, 0.05) is 23.3 Å². The highest BCUT2D eigenvalue weighted by molar-refractivity contribution is 9.10. The number of hydrogen-bond donors (Lipinski definition) is 2. The zero-order chi connectivity index (χ0) is 13.5. The predicted molar refractivity (Wildman–Crippen MR) is 77.1 cm³/mol. The largest absolute Gasteiger partial charge is 0.383 e. The van der Waals surface area contributed by atoms with Gasteiger partial charge >= 0.3 is 0 Å². The molecule has 18 heavy (non-hydrogen) atoms. The molecule has 1 atom stereocenters. The number of carbonyl (C=O) groups is 1. The van der Waals surface area contributed by atoms with Crippen LogP contribution in [0.3, 0.4) is 0 Å². The van der Waals surface area contributed by atoms with Crippen LogP contribution in [0.4, 0.5) is 5.69 Å². The number of rotatable bonds is 6. The van der Waals surface area contributed by atoms with E-state index in [1.54, 1.807) is 13.2 Å². The minimum Gasteiger partial charge on any atom is -0.383 e. The second-order valence-corrected chi connectivity index (χ2v) is 5.17. The zero-order valence-corrected chi connectivity index (χ0v) is 12.6. The smallest absolute Gasteiger partial charge is 0.239 e. The van der Waals surface area contributed by atoms with Crippen molar-refractivity contribution >= 4 is 39.1 Å². The standard InChI is InChI=1S/C12H16BrClN2O2/c1-8(7-18-2)16-12(17)6-15-9-3-4-11(14)10(13)5-9/h3-5,8,15H,6-7H2,1-2H3,(H,16,17). The molecule has 0 aromatic heterocycles. The molecule has 2 N–H and O–H groups in total. The average Bonchev–Trinajstić information content (AvgIpc) is 2.31. The Labute approximate surface area is 120 Å². The molecule has 0 aliphatic rings. The lowest BCUT2D eigenvalue weighted by molar-refractivity contribution is -0.120. The van der Waals surface area contributed by atoms with Crippen molar-refractivity contribution < 1.29 is 9.53 Å². The third kappa shape index (κ3) is 5.25. The van der Waals surface area contributed by atoms with Gasteiger partial charge < -0.3 is 15.4 Å². The van der Waals surface area contributed by atoms with Crippen molar-refractivity contribution in [2.24, 2.45) is 0 Å². The minimum absolute atomic E-state index is 0.00116. The molecule has 0 aliphatic carbocycles. The average molecular weight is 336 g/mol. The summed E-state index contributed by atoms with van der Waals surface area (Å²) in [6.45, 7) is 2.60. The van der Waals surface area contributed by atoms with Crippen molar-refractivity contribution in [3.05, 3.63) is 27.7 Å². The second-order valence-electron chi connectivity index (χ2n) is 3.91. The first-order valence-electron chi connectivity index (χ1n) is 5.50. The quantitative estimate of drug-likeness (QED) is 0.840. The van der Waals surface area contributed by atoms with Gasteiger partial charge in [0.15, 0.2) is 0 Å². The number of amides is 1. The molecule has 0 radical (unpaired) electrons. The lowest BCUT2D eigenvalue weighted by atomic mass is 10.3. The van der Waals surface area contributed by atoms with E-state index in [1.807, 2.05) is 19.1 Å². The highest BCUT2D eigenvalue weighted by atomic mass is 79.9. The summed E-state index contributed by atoms with van der Waals surface area (Å²) in [4.78, 5) is 11.6. The molecule has 0 saturated heterocycles. The van der Waals surface area contributed by atoms with Crippen molar-refractivity contribution in [1.82, 2.24) is 5.32 Å². The third-order valence-corrected chi connectivity index (χ3v) is 3.41. The molecule has 1 unspecified atom stereocenters. The Hall–Kier alpha value is -0.780. The second kappa shape index (κ2) is 7.61. The first kappa shape index (κ1) is 15.3. The van der Waals surface area contributed by atoms with Crippen molar-refractivity contribution in [1.29, 1.82) is 0 Å². The Balaban J connectivity index is 2.40. The van der Waals surface area contributed by atoms with Crippen molar-refractivity contribution in [3.8, 4) is 0 Å². The molecule has 1 rings (SSSR count). The maximum Gasteiger partial charge on any atom is 0.239 e. The molecule has 0 spiro atoms. The summed E-state index contributed by atoms with van der Waals surface area (Å²) in [5.74, 6) is -0.0781. The van der Waals surface area contributed by atoms with Gasteiger partial charge in [0.05, 0.1) is 18.2 Å². The molecular formula is C12H16BrClN2O2. The van der Waals surface area contributed by atoms with Crippen LogP contribution < -0.4 is 10.6 Å². The molecule has 100 valence electrons. The summed E-state index contributed by atoms with van der Waals surface area (Å²) in [7, 11) is 1.60. The topological polar surface area (TPSA) is 50.4 Å². The Kier molecular flexibility index (Phi) is 6.46. The van der Waals surface area contributed by atoms with E-state index in [-0.39, 0.29) is 18.5 Å². The number of carbonyl (C=O) groups excluding carboxylic acids is 1. The van der Waals surface area contributed by atoms with Gasteiger partial charge in [0.1, 0.15) is 0 Å². The van der Waals surface area contributed by atoms with Crippen LogP contribution in [0, 0.1) is 0 Å². The summed E-state index contributed by atoms with van der Waals surface area (Å²) in [6, 6.07) is 5.41. The zero-order valence-electron chi connectivity index (χ0n) is 10.3. The molecule has 6 heteroatoms. The lowest BCUT2D eigenvalue weighted by Crippen LogP contribution is -2.39. The summed E-state index contributed by atoms with van der Waals surface area (Å²) < 4.78 is 5.73. The Morgan fingerprint density at radius 3 is 2.89 bits per heavy atom. The van der Waals surface area contributed by atoms with Gasteiger partial charge in [-0.15, -0.1) is 0 Å². The minimum atomic E-state index is -0.0781. The maximum absolute atomic E-state index is 11.6. The molecule has 0 bridgehead atoms. The molecular weight excluding hydrogens is 320 g/mol. The van der Waals surface area contributed by atoms with Gasteiger partial charge in [-0.1, -0.05) is 11.6 Å². The highest BCUT2D eigenvalue weighted by Crippen LogP contribution is 2.25. The van der Waals surface area contributed by atoms with Crippen LogP contribution in [0.15, 0.2) is 22.7 Å². The lowest BCUT2D eigenvalue weighted by Gasteiger charge is -2.13. The van der Waals surface area contributed by atoms with Crippen LogP contribution in [0.2, 0.25) is 5.02 Å². The summed E-state index contributed by atoms with van der Waals surface area (Å²) in [5, 5.41) is 6.47. The van der Waals surface area contributed by atoms with Crippen LogP contribution in [0.5, 0.6) is 0 Å². The number of halogens is 2. The molecule has 1 amide bonds. The number of anilines is 1. The molecule has 0 saturated carbocycles. The van der Waals surface area contributed by atoms with Crippen molar-refractivity contribution in [2.75, 3.05) is 25.6 Å². The van der Waals surface area contributed by atoms with E-state index < -0.39 is 0 Å². The van der Waals surface area contributed by atoms with E-state index in [2.05, 4.69) is 26.6 Å². The summed E-state index contributed by atoms with van der Waals surface area (Å²) in [5.41, 5.74) is 0.834. The molecule has 4 nitrogen and oxygen atoms in total. The van der Waals surface area contributed by atoms with E-state index in [4.69, 9.17) is 16.3 Å². The van der Waals surface area contributed by atoms with E-state index in [9.17, 15) is 4.79 Å². The SMILES string of the molecule is COCC(C)NC(=O)CNc1ccc(Cl)c(Br)c1. The first-order chi connectivity index (χ1) is 8.52. The number of hydrogen-bond acceptors (Lipinski definition) is 3. The van der Waals surface area contributed by atoms with Crippen molar-refractivity contribution in [2.45, 2.75) is 13.0 Å². The van der Waals surface area contributed by atoms with E-state index in [0.29, 0.717) is 11.6 Å². The van der Waals surface area contributed by atoms with Crippen LogP contribution in [0.1, 0.15) is 6.92 Å². The fourth-order valence-electron chi connectivity index (χ4n) is 1.41. The third-order valence-electron chi connectivity index (χ3n) is 2.20. The van der Waals surface area contributed by atoms with Gasteiger partial charge in [-0.25, -0.2) is 0 Å². The normalized spacial score (nSPS) is 12.0. The number of nitrogens with one attached hydrogen (secondary N) is 2. The maximum atomic E-state index is 11.6.